The fraction of sp³-hybridized carbons (Fsp3) is 0.333. The number of hydrogen-bond donors (Lipinski definition) is 1. The topological polar surface area (TPSA) is 64.2 Å². The van der Waals surface area contributed by atoms with E-state index in [1.54, 1.807) is 14.2 Å². The van der Waals surface area contributed by atoms with Crippen LogP contribution in [-0.4, -0.2) is 24.2 Å². The SMILES string of the molecule is COc1cccc(OC)c1-c1nc[nH]c(=O)c1C(C)C. The van der Waals surface area contributed by atoms with Gasteiger partial charge in [-0.25, -0.2) is 4.98 Å². The van der Waals surface area contributed by atoms with Crippen LogP contribution in [0.4, 0.5) is 0 Å². The van der Waals surface area contributed by atoms with Crippen LogP contribution < -0.4 is 15.0 Å². The molecule has 0 unspecified atom stereocenters. The lowest BCUT2D eigenvalue weighted by molar-refractivity contribution is 0.397. The average molecular weight is 274 g/mol. The van der Waals surface area contributed by atoms with E-state index in [-0.39, 0.29) is 11.5 Å². The van der Waals surface area contributed by atoms with Gasteiger partial charge >= 0.3 is 0 Å². The van der Waals surface area contributed by atoms with Gasteiger partial charge in [0.1, 0.15) is 11.5 Å². The molecule has 1 heterocycles. The van der Waals surface area contributed by atoms with Crippen LogP contribution in [0.5, 0.6) is 11.5 Å². The molecule has 0 aliphatic heterocycles. The van der Waals surface area contributed by atoms with Gasteiger partial charge in [-0.05, 0) is 18.1 Å². The molecule has 0 aliphatic rings. The van der Waals surface area contributed by atoms with E-state index < -0.39 is 0 Å². The fourth-order valence-corrected chi connectivity index (χ4v) is 2.23. The van der Waals surface area contributed by atoms with Crippen LogP contribution in [0.15, 0.2) is 29.3 Å². The molecule has 5 nitrogen and oxygen atoms in total. The first kappa shape index (κ1) is 14.1. The Morgan fingerprint density at radius 1 is 1.15 bits per heavy atom. The second kappa shape index (κ2) is 5.77. The molecule has 2 aromatic rings. The third-order valence-electron chi connectivity index (χ3n) is 3.13. The minimum atomic E-state index is -0.141. The Morgan fingerprint density at radius 3 is 2.25 bits per heavy atom. The zero-order valence-electron chi connectivity index (χ0n) is 12.1. The molecule has 0 fully saturated rings. The molecule has 1 aromatic heterocycles. The number of aromatic amines is 1. The van der Waals surface area contributed by atoms with Gasteiger partial charge in [-0.3, -0.25) is 4.79 Å². The number of aromatic nitrogens is 2. The minimum Gasteiger partial charge on any atom is -0.496 e. The molecule has 1 aromatic carbocycles. The molecular weight excluding hydrogens is 256 g/mol. The highest BCUT2D eigenvalue weighted by Crippen LogP contribution is 2.39. The fourth-order valence-electron chi connectivity index (χ4n) is 2.23. The highest BCUT2D eigenvalue weighted by molar-refractivity contribution is 5.76. The van der Waals surface area contributed by atoms with Gasteiger partial charge in [-0.1, -0.05) is 19.9 Å². The molecule has 106 valence electrons. The van der Waals surface area contributed by atoms with Gasteiger partial charge < -0.3 is 14.5 Å². The summed E-state index contributed by atoms with van der Waals surface area (Å²) < 4.78 is 10.8. The number of hydrogen-bond acceptors (Lipinski definition) is 4. The molecule has 1 N–H and O–H groups in total. The zero-order chi connectivity index (χ0) is 14.7. The highest BCUT2D eigenvalue weighted by Gasteiger charge is 2.20. The zero-order valence-corrected chi connectivity index (χ0v) is 12.1. The Morgan fingerprint density at radius 2 is 1.75 bits per heavy atom. The van der Waals surface area contributed by atoms with Gasteiger partial charge in [0.15, 0.2) is 0 Å². The van der Waals surface area contributed by atoms with Crippen LogP contribution in [0.2, 0.25) is 0 Å². The van der Waals surface area contributed by atoms with E-state index in [4.69, 9.17) is 9.47 Å². The van der Waals surface area contributed by atoms with Crippen LogP contribution in [-0.2, 0) is 0 Å². The summed E-state index contributed by atoms with van der Waals surface area (Å²) >= 11 is 0. The van der Waals surface area contributed by atoms with Crippen LogP contribution in [0.25, 0.3) is 11.3 Å². The van der Waals surface area contributed by atoms with Crippen molar-refractivity contribution in [3.05, 3.63) is 40.4 Å². The summed E-state index contributed by atoms with van der Waals surface area (Å²) in [5.41, 5.74) is 1.78. The molecule has 0 amide bonds. The van der Waals surface area contributed by atoms with Gasteiger partial charge in [-0.15, -0.1) is 0 Å². The third-order valence-corrected chi connectivity index (χ3v) is 3.13. The summed E-state index contributed by atoms with van der Waals surface area (Å²) in [5.74, 6) is 1.30. The molecule has 0 atom stereocenters. The van der Waals surface area contributed by atoms with Crippen molar-refractivity contribution in [2.24, 2.45) is 0 Å². The van der Waals surface area contributed by atoms with Crippen molar-refractivity contribution in [1.29, 1.82) is 0 Å². The van der Waals surface area contributed by atoms with Gasteiger partial charge in [-0.2, -0.15) is 0 Å². The number of nitrogens with zero attached hydrogens (tertiary/aromatic N) is 1. The van der Waals surface area contributed by atoms with Crippen molar-refractivity contribution in [1.82, 2.24) is 9.97 Å². The molecule has 2 rings (SSSR count). The molecule has 0 bridgehead atoms. The lowest BCUT2D eigenvalue weighted by Gasteiger charge is -2.16. The van der Waals surface area contributed by atoms with Crippen molar-refractivity contribution in [2.75, 3.05) is 14.2 Å². The lowest BCUT2D eigenvalue weighted by atomic mass is 9.97. The van der Waals surface area contributed by atoms with E-state index >= 15 is 0 Å². The second-order valence-electron chi connectivity index (χ2n) is 4.69. The van der Waals surface area contributed by atoms with Crippen molar-refractivity contribution in [3.8, 4) is 22.8 Å². The molecule has 0 aliphatic carbocycles. The lowest BCUT2D eigenvalue weighted by Crippen LogP contribution is -2.16. The van der Waals surface area contributed by atoms with Gasteiger partial charge in [0.2, 0.25) is 0 Å². The van der Waals surface area contributed by atoms with Crippen molar-refractivity contribution >= 4 is 0 Å². The van der Waals surface area contributed by atoms with Crippen LogP contribution in [0.1, 0.15) is 25.3 Å². The maximum Gasteiger partial charge on any atom is 0.254 e. The first-order chi connectivity index (χ1) is 9.60. The Balaban J connectivity index is 2.81. The number of nitrogens with one attached hydrogen (secondary N) is 1. The molecule has 0 radical (unpaired) electrons. The second-order valence-corrected chi connectivity index (χ2v) is 4.69. The monoisotopic (exact) mass is 274 g/mol. The minimum absolute atomic E-state index is 0.0390. The van der Waals surface area contributed by atoms with E-state index in [9.17, 15) is 4.79 Å². The Bertz CT molecular complexity index is 640. The summed E-state index contributed by atoms with van der Waals surface area (Å²) in [5, 5.41) is 0. The maximum absolute atomic E-state index is 12.1. The van der Waals surface area contributed by atoms with Crippen molar-refractivity contribution in [3.63, 3.8) is 0 Å². The Hall–Kier alpha value is -2.30. The summed E-state index contributed by atoms with van der Waals surface area (Å²) in [6.07, 6.45) is 1.40. The molecule has 0 saturated heterocycles. The van der Waals surface area contributed by atoms with Crippen molar-refractivity contribution < 1.29 is 9.47 Å². The van der Waals surface area contributed by atoms with E-state index in [1.165, 1.54) is 6.33 Å². The van der Waals surface area contributed by atoms with Gasteiger partial charge in [0, 0.05) is 5.56 Å². The number of H-pyrrole nitrogens is 1. The van der Waals surface area contributed by atoms with Crippen molar-refractivity contribution in [2.45, 2.75) is 19.8 Å². The van der Waals surface area contributed by atoms with Crippen LogP contribution >= 0.6 is 0 Å². The first-order valence-electron chi connectivity index (χ1n) is 6.39. The van der Waals surface area contributed by atoms with Crippen LogP contribution in [0.3, 0.4) is 0 Å². The number of rotatable bonds is 4. The average Bonchev–Trinajstić information content (AvgIpc) is 2.45. The Kier molecular flexibility index (Phi) is 4.08. The Labute approximate surface area is 117 Å². The first-order valence-corrected chi connectivity index (χ1v) is 6.39. The molecule has 0 saturated carbocycles. The summed E-state index contributed by atoms with van der Waals surface area (Å²) in [4.78, 5) is 19.0. The highest BCUT2D eigenvalue weighted by atomic mass is 16.5. The van der Waals surface area contributed by atoms with Gasteiger partial charge in [0.05, 0.1) is 31.8 Å². The molecule has 5 heteroatoms. The molecule has 20 heavy (non-hydrogen) atoms. The summed E-state index contributed by atoms with van der Waals surface area (Å²) in [7, 11) is 3.17. The van der Waals surface area contributed by atoms with E-state index in [0.717, 1.165) is 0 Å². The normalized spacial score (nSPS) is 10.7. The molecular formula is C15H18N2O3. The summed E-state index contributed by atoms with van der Waals surface area (Å²) in [6, 6.07) is 5.49. The standard InChI is InChI=1S/C15H18N2O3/c1-9(2)12-14(16-8-17-15(12)18)13-10(19-3)6-5-7-11(13)20-4/h5-9H,1-4H3,(H,16,17,18). The smallest absolute Gasteiger partial charge is 0.254 e. The molecule has 0 spiro atoms. The third kappa shape index (κ3) is 2.39. The number of benzene rings is 1. The largest absolute Gasteiger partial charge is 0.496 e. The predicted molar refractivity (Wildman–Crippen MR) is 77.5 cm³/mol. The summed E-state index contributed by atoms with van der Waals surface area (Å²) in [6.45, 7) is 3.91. The number of ether oxygens (including phenoxy) is 2. The maximum atomic E-state index is 12.1. The van der Waals surface area contributed by atoms with Crippen LogP contribution in [0, 0.1) is 0 Å². The van der Waals surface area contributed by atoms with E-state index in [1.807, 2.05) is 32.0 Å². The van der Waals surface area contributed by atoms with E-state index in [0.29, 0.717) is 28.3 Å². The number of methoxy groups -OCH3 is 2. The predicted octanol–water partition coefficient (Wildman–Crippen LogP) is 2.58. The quantitative estimate of drug-likeness (QED) is 0.930. The van der Waals surface area contributed by atoms with Gasteiger partial charge in [0.25, 0.3) is 5.56 Å². The van der Waals surface area contributed by atoms with E-state index in [2.05, 4.69) is 9.97 Å².